The SMILES string of the molecule is Cn1ccc(-c2cc(-c3cnc(N4C[C@@H]5C[C@@](C)(N)C[C@@H]5C4)cn3)c3c(C#N)cnn3c2)n1. The van der Waals surface area contributed by atoms with Gasteiger partial charge < -0.3 is 10.6 Å². The van der Waals surface area contributed by atoms with Crippen molar-refractivity contribution in [2.45, 2.75) is 25.3 Å². The van der Waals surface area contributed by atoms with Crippen molar-refractivity contribution in [3.05, 3.63) is 48.7 Å². The van der Waals surface area contributed by atoms with Crippen molar-refractivity contribution in [1.29, 1.82) is 5.26 Å². The molecule has 5 heterocycles. The number of nitrogens with zero attached hydrogens (tertiary/aromatic N) is 8. The van der Waals surface area contributed by atoms with Crippen LogP contribution < -0.4 is 10.6 Å². The Balaban J connectivity index is 1.36. The number of pyridine rings is 1. The third-order valence-electron chi connectivity index (χ3n) is 7.01. The van der Waals surface area contributed by atoms with Crippen LogP contribution in [0.2, 0.25) is 0 Å². The molecule has 1 saturated heterocycles. The molecule has 0 aromatic carbocycles. The summed E-state index contributed by atoms with van der Waals surface area (Å²) in [6.45, 7) is 4.12. The van der Waals surface area contributed by atoms with Gasteiger partial charge in [0.1, 0.15) is 11.9 Å². The van der Waals surface area contributed by atoms with Gasteiger partial charge in [0, 0.05) is 49.2 Å². The molecule has 6 rings (SSSR count). The van der Waals surface area contributed by atoms with Crippen LogP contribution in [0, 0.1) is 23.2 Å². The smallest absolute Gasteiger partial charge is 0.147 e. The van der Waals surface area contributed by atoms with Crippen LogP contribution in [0.1, 0.15) is 25.3 Å². The highest BCUT2D eigenvalue weighted by Gasteiger charge is 2.45. The predicted octanol–water partition coefficient (Wildman–Crippen LogP) is 2.63. The second kappa shape index (κ2) is 7.12. The molecule has 2 fully saturated rings. The average Bonchev–Trinajstić information content (AvgIpc) is 3.55. The molecule has 0 amide bonds. The number of nitriles is 1. The second-order valence-corrected chi connectivity index (χ2v) is 9.73. The van der Waals surface area contributed by atoms with E-state index in [1.54, 1.807) is 21.6 Å². The summed E-state index contributed by atoms with van der Waals surface area (Å²) in [5.74, 6) is 2.14. The molecule has 9 nitrogen and oxygen atoms in total. The second-order valence-electron chi connectivity index (χ2n) is 9.73. The van der Waals surface area contributed by atoms with E-state index >= 15 is 0 Å². The van der Waals surface area contributed by atoms with E-state index in [0.29, 0.717) is 23.1 Å². The third-order valence-corrected chi connectivity index (χ3v) is 7.01. The Morgan fingerprint density at radius 1 is 1.12 bits per heavy atom. The molecule has 2 N–H and O–H groups in total. The number of aromatic nitrogens is 6. The number of hydrogen-bond acceptors (Lipinski definition) is 7. The summed E-state index contributed by atoms with van der Waals surface area (Å²) in [6, 6.07) is 6.19. The maximum atomic E-state index is 9.62. The molecule has 9 heteroatoms. The lowest BCUT2D eigenvalue weighted by molar-refractivity contribution is 0.449. The highest BCUT2D eigenvalue weighted by Crippen LogP contribution is 2.43. The molecule has 0 unspecified atom stereocenters. The highest BCUT2D eigenvalue weighted by molar-refractivity contribution is 5.85. The number of nitrogens with two attached hydrogens (primary N) is 1. The Morgan fingerprint density at radius 3 is 2.55 bits per heavy atom. The number of aryl methyl sites for hydroxylation is 1. The van der Waals surface area contributed by atoms with E-state index < -0.39 is 0 Å². The van der Waals surface area contributed by atoms with Crippen LogP contribution in [-0.4, -0.2) is 48.0 Å². The van der Waals surface area contributed by atoms with Crippen molar-refractivity contribution < 1.29 is 0 Å². The largest absolute Gasteiger partial charge is 0.355 e. The summed E-state index contributed by atoms with van der Waals surface area (Å²) in [5.41, 5.74) is 10.8. The van der Waals surface area contributed by atoms with Crippen LogP contribution in [0.4, 0.5) is 5.82 Å². The Labute approximate surface area is 191 Å². The Kier molecular flexibility index (Phi) is 4.29. The summed E-state index contributed by atoms with van der Waals surface area (Å²) in [4.78, 5) is 11.8. The molecule has 1 aliphatic carbocycles. The third kappa shape index (κ3) is 3.34. The topological polar surface area (TPSA) is 114 Å². The molecule has 0 bridgehead atoms. The minimum absolute atomic E-state index is 0.0371. The first-order valence-corrected chi connectivity index (χ1v) is 11.2. The Hall–Kier alpha value is -3.77. The summed E-state index contributed by atoms with van der Waals surface area (Å²) >= 11 is 0. The molecule has 33 heavy (non-hydrogen) atoms. The van der Waals surface area contributed by atoms with E-state index in [0.717, 1.165) is 54.1 Å². The van der Waals surface area contributed by atoms with Crippen molar-refractivity contribution in [2.75, 3.05) is 18.0 Å². The highest BCUT2D eigenvalue weighted by atomic mass is 15.3. The Morgan fingerprint density at radius 2 is 1.91 bits per heavy atom. The van der Waals surface area contributed by atoms with E-state index in [-0.39, 0.29) is 5.54 Å². The monoisotopic (exact) mass is 439 g/mol. The quantitative estimate of drug-likeness (QED) is 0.522. The fourth-order valence-corrected chi connectivity index (χ4v) is 5.60. The predicted molar refractivity (Wildman–Crippen MR) is 124 cm³/mol. The molecular weight excluding hydrogens is 414 g/mol. The Bertz CT molecular complexity index is 1370. The van der Waals surface area contributed by atoms with Crippen LogP contribution in [0.15, 0.2) is 43.1 Å². The van der Waals surface area contributed by atoms with Gasteiger partial charge in [-0.25, -0.2) is 9.50 Å². The number of fused-ring (bicyclic) bond motifs is 2. The van der Waals surface area contributed by atoms with Gasteiger partial charge in [-0.05, 0) is 43.7 Å². The summed E-state index contributed by atoms with van der Waals surface area (Å²) < 4.78 is 3.48. The maximum Gasteiger partial charge on any atom is 0.147 e. The molecule has 1 aliphatic heterocycles. The molecule has 4 aromatic heterocycles. The zero-order chi connectivity index (χ0) is 22.7. The molecule has 0 radical (unpaired) electrons. The van der Waals surface area contributed by atoms with Gasteiger partial charge in [0.05, 0.1) is 41.1 Å². The van der Waals surface area contributed by atoms with E-state index in [1.165, 1.54) is 0 Å². The molecule has 4 aromatic rings. The summed E-state index contributed by atoms with van der Waals surface area (Å²) in [7, 11) is 1.88. The van der Waals surface area contributed by atoms with E-state index in [4.69, 9.17) is 15.7 Å². The van der Waals surface area contributed by atoms with Crippen molar-refractivity contribution in [3.8, 4) is 28.6 Å². The normalized spacial score (nSPS) is 24.4. The van der Waals surface area contributed by atoms with Gasteiger partial charge >= 0.3 is 0 Å². The zero-order valence-electron chi connectivity index (χ0n) is 18.7. The van der Waals surface area contributed by atoms with Crippen molar-refractivity contribution in [2.24, 2.45) is 24.6 Å². The summed E-state index contributed by atoms with van der Waals surface area (Å²) in [6.07, 6.45) is 11.1. The molecule has 2 aliphatic rings. The first kappa shape index (κ1) is 19.9. The van der Waals surface area contributed by atoms with Crippen molar-refractivity contribution >= 4 is 11.3 Å². The van der Waals surface area contributed by atoms with E-state index in [9.17, 15) is 5.26 Å². The minimum atomic E-state index is -0.0371. The summed E-state index contributed by atoms with van der Waals surface area (Å²) in [5, 5.41) is 18.5. The van der Waals surface area contributed by atoms with Crippen LogP contribution in [0.5, 0.6) is 0 Å². The van der Waals surface area contributed by atoms with Crippen molar-refractivity contribution in [1.82, 2.24) is 29.4 Å². The molecule has 1 saturated carbocycles. The van der Waals surface area contributed by atoms with Crippen molar-refractivity contribution in [3.63, 3.8) is 0 Å². The van der Waals surface area contributed by atoms with Gasteiger partial charge in [0.15, 0.2) is 0 Å². The molecule has 0 spiro atoms. The number of rotatable bonds is 3. The van der Waals surface area contributed by atoms with Gasteiger partial charge in [-0.1, -0.05) is 0 Å². The molecule has 166 valence electrons. The van der Waals surface area contributed by atoms with Gasteiger partial charge in [-0.3, -0.25) is 9.67 Å². The van der Waals surface area contributed by atoms with Crippen LogP contribution in [0.25, 0.3) is 28.0 Å². The first-order valence-electron chi connectivity index (χ1n) is 11.2. The van der Waals surface area contributed by atoms with Crippen LogP contribution in [0.3, 0.4) is 0 Å². The fraction of sp³-hybridized carbons (Fsp3) is 0.375. The number of anilines is 1. The molecular formula is C24H25N9. The minimum Gasteiger partial charge on any atom is -0.355 e. The number of hydrogen-bond donors (Lipinski definition) is 1. The lowest BCUT2D eigenvalue weighted by Gasteiger charge is -2.23. The van der Waals surface area contributed by atoms with Crippen LogP contribution in [-0.2, 0) is 7.05 Å². The van der Waals surface area contributed by atoms with Gasteiger partial charge in [-0.2, -0.15) is 15.5 Å². The van der Waals surface area contributed by atoms with Gasteiger partial charge in [-0.15, -0.1) is 0 Å². The molecule has 3 atom stereocenters. The maximum absolute atomic E-state index is 9.62. The van der Waals surface area contributed by atoms with Gasteiger partial charge in [0.25, 0.3) is 0 Å². The lowest BCUT2D eigenvalue weighted by Crippen LogP contribution is -2.35. The van der Waals surface area contributed by atoms with Gasteiger partial charge in [0.2, 0.25) is 0 Å². The first-order chi connectivity index (χ1) is 15.9. The van der Waals surface area contributed by atoms with E-state index in [1.807, 2.05) is 37.8 Å². The fourth-order valence-electron chi connectivity index (χ4n) is 5.60. The standard InChI is InChI=1S/C24H25N9/c1-24(26)6-16-12-32(13-17(16)7-24)22-11-27-21(10-28-22)19-5-15(20-3-4-31(2)30-20)14-33-23(19)18(8-25)9-29-33/h3-5,9-11,14,16-17H,6-7,12-13,26H2,1-2H3/t16-,17+,24+. The zero-order valence-corrected chi connectivity index (χ0v) is 18.7. The van der Waals surface area contributed by atoms with E-state index in [2.05, 4.69) is 28.1 Å². The average molecular weight is 440 g/mol. The van der Waals surface area contributed by atoms with Crippen LogP contribution >= 0.6 is 0 Å². The lowest BCUT2D eigenvalue weighted by atomic mass is 10.00.